The van der Waals surface area contributed by atoms with Crippen LogP contribution in [0.25, 0.3) is 0 Å². The van der Waals surface area contributed by atoms with Gasteiger partial charge in [-0.05, 0) is 44.2 Å². The number of hydrogen-bond donors (Lipinski definition) is 2. The number of aryl methyl sites for hydroxylation is 1. The molecule has 0 unspecified atom stereocenters. The van der Waals surface area contributed by atoms with Gasteiger partial charge in [-0.25, -0.2) is 5.43 Å². The second-order valence-electron chi connectivity index (χ2n) is 5.35. The monoisotopic (exact) mass is 389 g/mol. The molecule has 6 heteroatoms. The number of halogens is 1. The molecule has 0 aliphatic heterocycles. The summed E-state index contributed by atoms with van der Waals surface area (Å²) in [5.74, 6) is 0.461. The number of amides is 1. The summed E-state index contributed by atoms with van der Waals surface area (Å²) < 4.78 is 6.16. The van der Waals surface area contributed by atoms with Crippen LogP contribution in [0.3, 0.4) is 0 Å². The van der Waals surface area contributed by atoms with Crippen molar-refractivity contribution >= 4 is 33.7 Å². The maximum atomic E-state index is 12.1. The summed E-state index contributed by atoms with van der Waals surface area (Å²) in [6.45, 7) is 3.80. The van der Waals surface area contributed by atoms with E-state index in [4.69, 9.17) is 4.74 Å². The van der Waals surface area contributed by atoms with Crippen LogP contribution in [0, 0.1) is 6.92 Å². The first-order valence-corrected chi connectivity index (χ1v) is 8.28. The zero-order valence-corrected chi connectivity index (χ0v) is 15.4. The highest BCUT2D eigenvalue weighted by atomic mass is 79.9. The average molecular weight is 390 g/mol. The van der Waals surface area contributed by atoms with E-state index in [1.807, 2.05) is 49.4 Å². The lowest BCUT2D eigenvalue weighted by Crippen LogP contribution is -2.34. The number of benzene rings is 2. The van der Waals surface area contributed by atoms with Gasteiger partial charge in [-0.3, -0.25) is 4.79 Å². The standard InChI is InChI=1S/C18H20BrN3O2/c1-12-4-7-16(8-5-12)21-13(2)18(23)22-20-11-14-10-15(19)6-9-17(14)24-3/h4-11,13,21H,1-3H3,(H,22,23)/b20-11-/t13-/m0/s1. The molecule has 0 saturated carbocycles. The number of carbonyl (C=O) groups excluding carboxylic acids is 1. The number of ether oxygens (including phenoxy) is 1. The van der Waals surface area contributed by atoms with Gasteiger partial charge in [0.05, 0.1) is 13.3 Å². The van der Waals surface area contributed by atoms with Crippen molar-refractivity contribution in [1.29, 1.82) is 0 Å². The largest absolute Gasteiger partial charge is 0.496 e. The Hall–Kier alpha value is -2.34. The van der Waals surface area contributed by atoms with Crippen molar-refractivity contribution in [1.82, 2.24) is 5.43 Å². The molecule has 2 aromatic rings. The number of rotatable bonds is 6. The predicted octanol–water partition coefficient (Wildman–Crippen LogP) is 3.72. The summed E-state index contributed by atoms with van der Waals surface area (Å²) in [5.41, 5.74) is 5.36. The van der Waals surface area contributed by atoms with Gasteiger partial charge < -0.3 is 10.1 Å². The second kappa shape index (κ2) is 8.49. The molecular formula is C18H20BrN3O2. The molecule has 1 amide bonds. The van der Waals surface area contributed by atoms with E-state index in [0.29, 0.717) is 5.75 Å². The summed E-state index contributed by atoms with van der Waals surface area (Å²) in [6.07, 6.45) is 1.56. The van der Waals surface area contributed by atoms with Gasteiger partial charge in [0.1, 0.15) is 11.8 Å². The third-order valence-corrected chi connectivity index (χ3v) is 3.89. The predicted molar refractivity (Wildman–Crippen MR) is 101 cm³/mol. The summed E-state index contributed by atoms with van der Waals surface area (Å²) >= 11 is 3.40. The fourth-order valence-electron chi connectivity index (χ4n) is 2.03. The summed E-state index contributed by atoms with van der Waals surface area (Å²) in [5, 5.41) is 7.13. The van der Waals surface area contributed by atoms with Crippen LogP contribution in [-0.2, 0) is 4.79 Å². The van der Waals surface area contributed by atoms with Gasteiger partial charge in [0.25, 0.3) is 5.91 Å². The van der Waals surface area contributed by atoms with Crippen molar-refractivity contribution in [3.05, 3.63) is 58.1 Å². The van der Waals surface area contributed by atoms with E-state index < -0.39 is 6.04 Å². The van der Waals surface area contributed by atoms with Crippen LogP contribution in [-0.4, -0.2) is 25.3 Å². The number of anilines is 1. The Morgan fingerprint density at radius 2 is 1.96 bits per heavy atom. The molecule has 0 aliphatic rings. The Bertz CT molecular complexity index is 730. The molecule has 5 nitrogen and oxygen atoms in total. The van der Waals surface area contributed by atoms with Crippen LogP contribution in [0.15, 0.2) is 52.0 Å². The van der Waals surface area contributed by atoms with Crippen LogP contribution in [0.4, 0.5) is 5.69 Å². The Balaban J connectivity index is 1.94. The van der Waals surface area contributed by atoms with Crippen LogP contribution in [0.1, 0.15) is 18.1 Å². The molecule has 2 aromatic carbocycles. The number of hydrogen-bond acceptors (Lipinski definition) is 4. The quantitative estimate of drug-likeness (QED) is 0.584. The Morgan fingerprint density at radius 1 is 1.25 bits per heavy atom. The van der Waals surface area contributed by atoms with E-state index in [2.05, 4.69) is 31.8 Å². The highest BCUT2D eigenvalue weighted by Gasteiger charge is 2.11. The van der Waals surface area contributed by atoms with Gasteiger partial charge in [0, 0.05) is 15.7 Å². The topological polar surface area (TPSA) is 62.7 Å². The van der Waals surface area contributed by atoms with Gasteiger partial charge in [-0.1, -0.05) is 33.6 Å². The van der Waals surface area contributed by atoms with Crippen LogP contribution in [0.5, 0.6) is 5.75 Å². The molecule has 126 valence electrons. The maximum Gasteiger partial charge on any atom is 0.262 e. The molecule has 0 spiro atoms. The molecule has 1 atom stereocenters. The third kappa shape index (κ3) is 5.09. The molecule has 0 fully saturated rings. The third-order valence-electron chi connectivity index (χ3n) is 3.40. The number of nitrogens with one attached hydrogen (secondary N) is 2. The molecule has 0 saturated heterocycles. The molecule has 0 heterocycles. The first-order chi connectivity index (χ1) is 11.5. The van der Waals surface area contributed by atoms with Crippen LogP contribution < -0.4 is 15.5 Å². The lowest BCUT2D eigenvalue weighted by Gasteiger charge is -2.13. The van der Waals surface area contributed by atoms with E-state index >= 15 is 0 Å². The van der Waals surface area contributed by atoms with Gasteiger partial charge in [0.2, 0.25) is 0 Å². The smallest absolute Gasteiger partial charge is 0.262 e. The summed E-state index contributed by atoms with van der Waals surface area (Å²) in [4.78, 5) is 12.1. The number of methoxy groups -OCH3 is 1. The van der Waals surface area contributed by atoms with Crippen molar-refractivity contribution in [2.75, 3.05) is 12.4 Å². The minimum Gasteiger partial charge on any atom is -0.496 e. The molecule has 0 aliphatic carbocycles. The Labute approximate surface area is 150 Å². The first-order valence-electron chi connectivity index (χ1n) is 7.49. The number of carbonyl (C=O) groups is 1. The molecule has 0 bridgehead atoms. The lowest BCUT2D eigenvalue weighted by atomic mass is 10.2. The Morgan fingerprint density at radius 3 is 2.62 bits per heavy atom. The van der Waals surface area contributed by atoms with Gasteiger partial charge in [-0.15, -0.1) is 0 Å². The molecule has 24 heavy (non-hydrogen) atoms. The van der Waals surface area contributed by atoms with Crippen LogP contribution in [0.2, 0.25) is 0 Å². The number of nitrogens with zero attached hydrogens (tertiary/aromatic N) is 1. The van der Waals surface area contributed by atoms with E-state index in [1.54, 1.807) is 20.2 Å². The maximum absolute atomic E-state index is 12.1. The molecule has 0 aromatic heterocycles. The fraction of sp³-hybridized carbons (Fsp3) is 0.222. The minimum absolute atomic E-state index is 0.221. The average Bonchev–Trinajstić information content (AvgIpc) is 2.57. The highest BCUT2D eigenvalue weighted by Crippen LogP contribution is 2.21. The molecular weight excluding hydrogens is 370 g/mol. The van der Waals surface area contributed by atoms with Crippen molar-refractivity contribution in [2.24, 2.45) is 5.10 Å². The van der Waals surface area contributed by atoms with Gasteiger partial charge >= 0.3 is 0 Å². The van der Waals surface area contributed by atoms with Crippen LogP contribution >= 0.6 is 15.9 Å². The second-order valence-corrected chi connectivity index (χ2v) is 6.27. The van der Waals surface area contributed by atoms with E-state index in [1.165, 1.54) is 5.56 Å². The lowest BCUT2D eigenvalue weighted by molar-refractivity contribution is -0.121. The molecule has 0 radical (unpaired) electrons. The van der Waals surface area contributed by atoms with Crippen molar-refractivity contribution in [3.63, 3.8) is 0 Å². The van der Waals surface area contributed by atoms with Crippen molar-refractivity contribution < 1.29 is 9.53 Å². The van der Waals surface area contributed by atoms with Gasteiger partial charge in [0.15, 0.2) is 0 Å². The van der Waals surface area contributed by atoms with E-state index in [9.17, 15) is 4.79 Å². The van der Waals surface area contributed by atoms with E-state index in [-0.39, 0.29) is 5.91 Å². The number of hydrazone groups is 1. The minimum atomic E-state index is -0.408. The Kier molecular flexibility index (Phi) is 6.37. The van der Waals surface area contributed by atoms with Crippen molar-refractivity contribution in [3.8, 4) is 5.75 Å². The summed E-state index contributed by atoms with van der Waals surface area (Å²) in [7, 11) is 1.59. The zero-order chi connectivity index (χ0) is 17.5. The van der Waals surface area contributed by atoms with Crippen molar-refractivity contribution in [2.45, 2.75) is 19.9 Å². The summed E-state index contributed by atoms with van der Waals surface area (Å²) in [6, 6.07) is 13.0. The molecule has 2 rings (SSSR count). The first kappa shape index (κ1) is 18.0. The van der Waals surface area contributed by atoms with E-state index in [0.717, 1.165) is 15.7 Å². The van der Waals surface area contributed by atoms with Gasteiger partial charge in [-0.2, -0.15) is 5.10 Å². The molecule has 2 N–H and O–H groups in total. The highest BCUT2D eigenvalue weighted by molar-refractivity contribution is 9.10. The SMILES string of the molecule is COc1ccc(Br)cc1/C=N\NC(=O)[C@H](C)Nc1ccc(C)cc1. The zero-order valence-electron chi connectivity index (χ0n) is 13.8. The normalized spacial score (nSPS) is 12.0. The fourth-order valence-corrected chi connectivity index (χ4v) is 2.41.